The van der Waals surface area contributed by atoms with Gasteiger partial charge < -0.3 is 19.5 Å². The lowest BCUT2D eigenvalue weighted by atomic mass is 9.98. The minimum Gasteiger partial charge on any atom is -0.499 e. The van der Waals surface area contributed by atoms with Crippen LogP contribution in [0.4, 0.5) is 4.79 Å². The van der Waals surface area contributed by atoms with Gasteiger partial charge in [0.05, 0.1) is 25.9 Å². The molecule has 0 bridgehead atoms. The molecular weight excluding hydrogens is 448 g/mol. The molecular formula is C27H30N2O6. The summed E-state index contributed by atoms with van der Waals surface area (Å²) in [6.07, 6.45) is 0.502. The van der Waals surface area contributed by atoms with Crippen molar-refractivity contribution in [3.63, 3.8) is 0 Å². The van der Waals surface area contributed by atoms with Gasteiger partial charge in [-0.05, 0) is 43.0 Å². The van der Waals surface area contributed by atoms with Crippen molar-refractivity contribution < 1.29 is 28.6 Å². The summed E-state index contributed by atoms with van der Waals surface area (Å²) in [5, 5.41) is 2.60. The standard InChI is InChI=1S/C27H30N2O6/c1-27(2,3)35-16-23(25(31)29-14-17(33-4)13-24(29)30)28-26(32)34-15-22-20-11-7-5-9-18(20)19-10-6-8-12-21(19)22/h5-13,22-23H,14-16H2,1-4H3,(H,28,32)/t23-/m1/s1. The van der Waals surface area contributed by atoms with Crippen LogP contribution in [0.1, 0.15) is 37.8 Å². The van der Waals surface area contributed by atoms with Crippen molar-refractivity contribution in [1.82, 2.24) is 10.2 Å². The third-order valence-electron chi connectivity index (χ3n) is 6.01. The van der Waals surface area contributed by atoms with E-state index >= 15 is 0 Å². The largest absolute Gasteiger partial charge is 0.499 e. The first-order chi connectivity index (χ1) is 16.7. The number of benzene rings is 2. The molecule has 0 spiro atoms. The molecule has 35 heavy (non-hydrogen) atoms. The van der Waals surface area contributed by atoms with Gasteiger partial charge in [-0.25, -0.2) is 4.79 Å². The van der Waals surface area contributed by atoms with E-state index in [1.165, 1.54) is 13.2 Å². The minimum atomic E-state index is -1.10. The van der Waals surface area contributed by atoms with E-state index in [1.54, 1.807) is 0 Å². The lowest BCUT2D eigenvalue weighted by Gasteiger charge is -2.27. The molecule has 0 radical (unpaired) electrons. The van der Waals surface area contributed by atoms with E-state index in [-0.39, 0.29) is 25.7 Å². The predicted octanol–water partition coefficient (Wildman–Crippen LogP) is 3.61. The second kappa shape index (κ2) is 9.92. The van der Waals surface area contributed by atoms with E-state index in [4.69, 9.17) is 14.2 Å². The van der Waals surface area contributed by atoms with Crippen LogP contribution in [0.3, 0.4) is 0 Å². The van der Waals surface area contributed by atoms with Gasteiger partial charge in [0.15, 0.2) is 0 Å². The molecule has 1 atom stereocenters. The molecule has 2 aliphatic rings. The van der Waals surface area contributed by atoms with E-state index in [1.807, 2.05) is 57.2 Å². The summed E-state index contributed by atoms with van der Waals surface area (Å²) in [5.41, 5.74) is 3.87. The Bertz CT molecular complexity index is 1120. The van der Waals surface area contributed by atoms with Crippen LogP contribution >= 0.6 is 0 Å². The second-order valence-corrected chi connectivity index (χ2v) is 9.52. The molecule has 184 valence electrons. The van der Waals surface area contributed by atoms with Crippen LogP contribution < -0.4 is 5.32 Å². The Kier molecular flexibility index (Phi) is 6.93. The molecule has 2 aromatic carbocycles. The van der Waals surface area contributed by atoms with Crippen LogP contribution in [-0.4, -0.2) is 61.3 Å². The van der Waals surface area contributed by atoms with Crippen LogP contribution in [0.2, 0.25) is 0 Å². The maximum absolute atomic E-state index is 13.1. The molecule has 0 unspecified atom stereocenters. The summed E-state index contributed by atoms with van der Waals surface area (Å²) in [4.78, 5) is 39.2. The molecule has 8 nitrogen and oxygen atoms in total. The van der Waals surface area contributed by atoms with Gasteiger partial charge in [-0.1, -0.05) is 48.5 Å². The molecule has 0 saturated heterocycles. The summed E-state index contributed by atoms with van der Waals surface area (Å²) in [6.45, 7) is 5.53. The number of hydrogen-bond acceptors (Lipinski definition) is 6. The summed E-state index contributed by atoms with van der Waals surface area (Å²) >= 11 is 0. The highest BCUT2D eigenvalue weighted by molar-refractivity contribution is 6.05. The average molecular weight is 479 g/mol. The van der Waals surface area contributed by atoms with E-state index in [0.717, 1.165) is 27.2 Å². The van der Waals surface area contributed by atoms with Gasteiger partial charge in [-0.15, -0.1) is 0 Å². The van der Waals surface area contributed by atoms with E-state index in [0.29, 0.717) is 5.76 Å². The SMILES string of the molecule is COC1=CC(=O)N(C(=O)[C@@H](COC(C)(C)C)NC(=O)OCC2c3ccccc3-c3ccccc32)C1. The summed E-state index contributed by atoms with van der Waals surface area (Å²) in [5.74, 6) is -0.820. The fraction of sp³-hybridized carbons (Fsp3) is 0.370. The number of hydrogen-bond donors (Lipinski definition) is 1. The summed E-state index contributed by atoms with van der Waals surface area (Å²) < 4.78 is 16.4. The third kappa shape index (κ3) is 5.38. The van der Waals surface area contributed by atoms with Crippen molar-refractivity contribution in [3.8, 4) is 11.1 Å². The van der Waals surface area contributed by atoms with Crippen molar-refractivity contribution in [1.29, 1.82) is 0 Å². The predicted molar refractivity (Wildman–Crippen MR) is 130 cm³/mol. The Morgan fingerprint density at radius 2 is 1.66 bits per heavy atom. The average Bonchev–Trinajstić information content (AvgIpc) is 3.37. The molecule has 0 fully saturated rings. The van der Waals surface area contributed by atoms with Crippen molar-refractivity contribution in [2.45, 2.75) is 38.3 Å². The van der Waals surface area contributed by atoms with Crippen molar-refractivity contribution in [2.75, 3.05) is 26.9 Å². The second-order valence-electron chi connectivity index (χ2n) is 9.52. The molecule has 2 aromatic rings. The molecule has 1 aliphatic heterocycles. The number of nitrogens with one attached hydrogen (secondary N) is 1. The molecule has 0 aromatic heterocycles. The van der Waals surface area contributed by atoms with E-state index in [9.17, 15) is 14.4 Å². The first kappa shape index (κ1) is 24.5. The number of ether oxygens (including phenoxy) is 3. The monoisotopic (exact) mass is 478 g/mol. The highest BCUT2D eigenvalue weighted by Crippen LogP contribution is 2.44. The Labute approximate surface area is 204 Å². The van der Waals surface area contributed by atoms with Crippen molar-refractivity contribution >= 4 is 17.9 Å². The minimum absolute atomic E-state index is 0.00650. The van der Waals surface area contributed by atoms with Gasteiger partial charge in [-0.2, -0.15) is 0 Å². The molecule has 1 aliphatic carbocycles. The quantitative estimate of drug-likeness (QED) is 0.654. The fourth-order valence-corrected chi connectivity index (χ4v) is 4.28. The maximum Gasteiger partial charge on any atom is 0.407 e. The molecule has 1 N–H and O–H groups in total. The Morgan fingerprint density at radius 1 is 1.06 bits per heavy atom. The Balaban J connectivity index is 1.45. The molecule has 4 rings (SSSR count). The topological polar surface area (TPSA) is 94.2 Å². The van der Waals surface area contributed by atoms with Crippen LogP contribution in [0.5, 0.6) is 0 Å². The van der Waals surface area contributed by atoms with Gasteiger partial charge in [-0.3, -0.25) is 14.5 Å². The van der Waals surface area contributed by atoms with Crippen molar-refractivity contribution in [2.24, 2.45) is 0 Å². The summed E-state index contributed by atoms with van der Waals surface area (Å²) in [6, 6.07) is 15.0. The summed E-state index contributed by atoms with van der Waals surface area (Å²) in [7, 11) is 1.43. The number of amides is 3. The number of imide groups is 1. The van der Waals surface area contributed by atoms with Gasteiger partial charge in [0.25, 0.3) is 11.8 Å². The molecule has 0 saturated carbocycles. The molecule has 3 amide bonds. The smallest absolute Gasteiger partial charge is 0.407 e. The normalized spacial score (nSPS) is 15.8. The first-order valence-electron chi connectivity index (χ1n) is 11.5. The lowest BCUT2D eigenvalue weighted by Crippen LogP contribution is -2.52. The first-order valence-corrected chi connectivity index (χ1v) is 11.5. The number of carbonyl (C=O) groups excluding carboxylic acids is 3. The Morgan fingerprint density at radius 3 is 2.20 bits per heavy atom. The van der Waals surface area contributed by atoms with E-state index in [2.05, 4.69) is 17.4 Å². The maximum atomic E-state index is 13.1. The number of methoxy groups -OCH3 is 1. The third-order valence-corrected chi connectivity index (χ3v) is 6.01. The van der Waals surface area contributed by atoms with Crippen LogP contribution in [0.25, 0.3) is 11.1 Å². The zero-order chi connectivity index (χ0) is 25.2. The highest BCUT2D eigenvalue weighted by Gasteiger charge is 2.35. The van der Waals surface area contributed by atoms with Gasteiger partial charge in [0.1, 0.15) is 18.4 Å². The van der Waals surface area contributed by atoms with Crippen LogP contribution in [0, 0.1) is 0 Å². The number of carbonyl (C=O) groups is 3. The number of alkyl carbamates (subject to hydrolysis) is 1. The Hall–Kier alpha value is -3.65. The van der Waals surface area contributed by atoms with Gasteiger partial charge >= 0.3 is 6.09 Å². The van der Waals surface area contributed by atoms with Gasteiger partial charge in [0.2, 0.25) is 0 Å². The van der Waals surface area contributed by atoms with Crippen LogP contribution in [0.15, 0.2) is 60.4 Å². The highest BCUT2D eigenvalue weighted by atomic mass is 16.5. The molecule has 1 heterocycles. The van der Waals surface area contributed by atoms with E-state index < -0.39 is 29.6 Å². The lowest BCUT2D eigenvalue weighted by molar-refractivity contribution is -0.144. The fourth-order valence-electron chi connectivity index (χ4n) is 4.28. The number of nitrogens with zero attached hydrogens (tertiary/aromatic N) is 1. The number of fused-ring (bicyclic) bond motifs is 3. The molecule has 8 heteroatoms. The van der Waals surface area contributed by atoms with Crippen LogP contribution in [-0.2, 0) is 23.8 Å². The zero-order valence-electron chi connectivity index (χ0n) is 20.4. The van der Waals surface area contributed by atoms with Crippen molar-refractivity contribution in [3.05, 3.63) is 71.5 Å². The number of rotatable bonds is 7. The van der Waals surface area contributed by atoms with Gasteiger partial charge in [0, 0.05) is 12.0 Å². The zero-order valence-corrected chi connectivity index (χ0v) is 20.4.